The van der Waals surface area contributed by atoms with Gasteiger partial charge in [0, 0.05) is 24.8 Å². The van der Waals surface area contributed by atoms with Crippen LogP contribution in [0.3, 0.4) is 0 Å². The van der Waals surface area contributed by atoms with Crippen LogP contribution in [0.1, 0.15) is 155 Å². The number of carbonyl (C=O) groups is 1. The molecule has 0 aromatic carbocycles. The van der Waals surface area contributed by atoms with Gasteiger partial charge in [0.15, 0.2) is 0 Å². The van der Waals surface area contributed by atoms with Crippen molar-refractivity contribution in [2.24, 2.45) is 4.99 Å². The molecule has 4 heteroatoms. The second-order valence-electron chi connectivity index (χ2n) is 10.7. The van der Waals surface area contributed by atoms with Gasteiger partial charge in [-0.3, -0.25) is 14.7 Å². The Hall–Kier alpha value is -1.16. The van der Waals surface area contributed by atoms with Gasteiger partial charge in [-0.2, -0.15) is 0 Å². The van der Waals surface area contributed by atoms with Crippen LogP contribution in [-0.4, -0.2) is 41.3 Å². The van der Waals surface area contributed by atoms with Crippen molar-refractivity contribution < 1.29 is 9.90 Å². The molecule has 4 nitrogen and oxygen atoms in total. The van der Waals surface area contributed by atoms with Gasteiger partial charge >= 0.3 is 5.97 Å². The molecule has 0 spiro atoms. The van der Waals surface area contributed by atoms with E-state index in [1.165, 1.54) is 116 Å². The fourth-order valence-corrected chi connectivity index (χ4v) is 5.15. The van der Waals surface area contributed by atoms with E-state index in [9.17, 15) is 9.90 Å². The Morgan fingerprint density at radius 3 is 1.49 bits per heavy atom. The summed E-state index contributed by atoms with van der Waals surface area (Å²) in [4.78, 5) is 18.8. The van der Waals surface area contributed by atoms with Crippen LogP contribution >= 0.6 is 0 Å². The standard InChI is InChI=1S/C31H58N2O2/c1-3-5-7-9-11-13-15-17-19-21-26-33(30(31(34)35)28-29-24-23-25-32-29)27-22-20-18-16-14-12-10-8-6-4-2/h24-25,30H,3-23,26-28H2,1-2H3,(H,34,35). The molecular weight excluding hydrogens is 432 g/mol. The zero-order valence-corrected chi connectivity index (χ0v) is 23.5. The van der Waals surface area contributed by atoms with E-state index in [1.807, 2.05) is 6.21 Å². The number of carboxylic acids is 1. The highest BCUT2D eigenvalue weighted by atomic mass is 16.4. The summed E-state index contributed by atoms with van der Waals surface area (Å²) in [5.74, 6) is -0.688. The Kier molecular flexibility index (Phi) is 21.2. The lowest BCUT2D eigenvalue weighted by atomic mass is 10.0. The second-order valence-corrected chi connectivity index (χ2v) is 10.7. The number of nitrogens with zero attached hydrogens (tertiary/aromatic N) is 2. The minimum absolute atomic E-state index is 0.436. The van der Waals surface area contributed by atoms with Gasteiger partial charge in [-0.1, -0.05) is 135 Å². The number of carboxylic acid groups (broad SMARTS) is 1. The summed E-state index contributed by atoms with van der Waals surface area (Å²) in [6, 6.07) is -0.436. The van der Waals surface area contributed by atoms with Gasteiger partial charge < -0.3 is 5.11 Å². The van der Waals surface area contributed by atoms with Gasteiger partial charge in [0.2, 0.25) is 0 Å². The van der Waals surface area contributed by atoms with Crippen molar-refractivity contribution >= 4 is 12.2 Å². The van der Waals surface area contributed by atoms with Gasteiger partial charge in [-0.05, 0) is 25.9 Å². The molecule has 204 valence electrons. The molecule has 0 aromatic rings. The van der Waals surface area contributed by atoms with Crippen LogP contribution in [-0.2, 0) is 4.79 Å². The SMILES string of the molecule is CCCCCCCCCCCCN(CCCCCCCCCCCC)C(CC1=CCC=N1)C(=O)O. The Balaban J connectivity index is 2.32. The summed E-state index contributed by atoms with van der Waals surface area (Å²) in [5.41, 5.74) is 0.952. The van der Waals surface area contributed by atoms with Gasteiger partial charge in [-0.25, -0.2) is 0 Å². The fourth-order valence-electron chi connectivity index (χ4n) is 5.15. The third-order valence-electron chi connectivity index (χ3n) is 7.44. The lowest BCUT2D eigenvalue weighted by Gasteiger charge is -2.29. The van der Waals surface area contributed by atoms with Crippen LogP contribution in [0.5, 0.6) is 0 Å². The van der Waals surface area contributed by atoms with E-state index in [4.69, 9.17) is 0 Å². The molecule has 0 aromatic heterocycles. The lowest BCUT2D eigenvalue weighted by Crippen LogP contribution is -2.42. The van der Waals surface area contributed by atoms with Crippen molar-refractivity contribution in [2.45, 2.75) is 161 Å². The number of aliphatic imine (C=N–C) groups is 1. The maximum atomic E-state index is 12.2. The van der Waals surface area contributed by atoms with Crippen LogP contribution in [0.25, 0.3) is 0 Å². The molecular formula is C31H58N2O2. The van der Waals surface area contributed by atoms with Crippen molar-refractivity contribution in [1.29, 1.82) is 0 Å². The molecule has 1 aliphatic rings. The highest BCUT2D eigenvalue weighted by Crippen LogP contribution is 2.19. The third-order valence-corrected chi connectivity index (χ3v) is 7.44. The van der Waals surface area contributed by atoms with Crippen LogP contribution in [0, 0.1) is 0 Å². The quantitative estimate of drug-likeness (QED) is 0.123. The molecule has 1 unspecified atom stereocenters. The summed E-state index contributed by atoms with van der Waals surface area (Å²) in [7, 11) is 0. The molecule has 0 saturated heterocycles. The Morgan fingerprint density at radius 1 is 0.743 bits per heavy atom. The second kappa shape index (κ2) is 23.3. The first-order chi connectivity index (χ1) is 17.2. The molecule has 1 aliphatic heterocycles. The number of hydrogen-bond donors (Lipinski definition) is 1. The normalized spacial score (nSPS) is 14.1. The van der Waals surface area contributed by atoms with E-state index in [2.05, 4.69) is 29.8 Å². The maximum Gasteiger partial charge on any atom is 0.321 e. The largest absolute Gasteiger partial charge is 0.480 e. The Labute approximate surface area is 218 Å². The van der Waals surface area contributed by atoms with Gasteiger partial charge in [0.25, 0.3) is 0 Å². The van der Waals surface area contributed by atoms with E-state index in [0.29, 0.717) is 6.42 Å². The van der Waals surface area contributed by atoms with Crippen molar-refractivity contribution in [1.82, 2.24) is 4.90 Å². The van der Waals surface area contributed by atoms with Gasteiger partial charge in [0.1, 0.15) is 6.04 Å². The molecule has 0 amide bonds. The molecule has 1 N–H and O–H groups in total. The van der Waals surface area contributed by atoms with Crippen LogP contribution < -0.4 is 0 Å². The molecule has 1 atom stereocenters. The first kappa shape index (κ1) is 31.9. The van der Waals surface area contributed by atoms with Crippen molar-refractivity contribution in [3.05, 3.63) is 11.8 Å². The lowest BCUT2D eigenvalue weighted by molar-refractivity contribution is -0.143. The van der Waals surface area contributed by atoms with Gasteiger partial charge in [-0.15, -0.1) is 0 Å². The number of allylic oxidation sites excluding steroid dienone is 1. The van der Waals surface area contributed by atoms with Crippen molar-refractivity contribution in [2.75, 3.05) is 13.1 Å². The average molecular weight is 491 g/mol. The Morgan fingerprint density at radius 2 is 1.14 bits per heavy atom. The average Bonchev–Trinajstić information content (AvgIpc) is 3.37. The molecule has 1 heterocycles. The predicted octanol–water partition coefficient (Wildman–Crippen LogP) is 9.33. The predicted molar refractivity (Wildman–Crippen MR) is 152 cm³/mol. The minimum Gasteiger partial charge on any atom is -0.480 e. The number of aliphatic carboxylic acids is 1. The summed E-state index contributed by atoms with van der Waals surface area (Å²) < 4.78 is 0. The third kappa shape index (κ3) is 17.8. The highest BCUT2D eigenvalue weighted by molar-refractivity contribution is 5.74. The van der Waals surface area contributed by atoms with Crippen molar-refractivity contribution in [3.8, 4) is 0 Å². The summed E-state index contributed by atoms with van der Waals surface area (Å²) >= 11 is 0. The smallest absolute Gasteiger partial charge is 0.321 e. The molecule has 0 bridgehead atoms. The van der Waals surface area contributed by atoms with Crippen LogP contribution in [0.15, 0.2) is 16.8 Å². The van der Waals surface area contributed by atoms with E-state index < -0.39 is 12.0 Å². The van der Waals surface area contributed by atoms with E-state index in [0.717, 1.165) is 38.0 Å². The monoisotopic (exact) mass is 490 g/mol. The molecule has 1 rings (SSSR count). The van der Waals surface area contributed by atoms with Crippen LogP contribution in [0.2, 0.25) is 0 Å². The summed E-state index contributed by atoms with van der Waals surface area (Å²) in [6.07, 6.45) is 31.7. The summed E-state index contributed by atoms with van der Waals surface area (Å²) in [6.45, 7) is 6.35. The number of hydrogen-bond acceptors (Lipinski definition) is 3. The molecule has 35 heavy (non-hydrogen) atoms. The van der Waals surface area contributed by atoms with Crippen LogP contribution in [0.4, 0.5) is 0 Å². The van der Waals surface area contributed by atoms with E-state index in [-0.39, 0.29) is 0 Å². The topological polar surface area (TPSA) is 52.9 Å². The maximum absolute atomic E-state index is 12.2. The highest BCUT2D eigenvalue weighted by Gasteiger charge is 2.26. The first-order valence-corrected chi connectivity index (χ1v) is 15.4. The fraction of sp³-hybridized carbons (Fsp3) is 0.871. The Bertz CT molecular complexity index is 534. The molecule has 0 fully saturated rings. The van der Waals surface area contributed by atoms with Crippen molar-refractivity contribution in [3.63, 3.8) is 0 Å². The molecule has 0 radical (unpaired) electrons. The molecule has 0 saturated carbocycles. The zero-order valence-electron chi connectivity index (χ0n) is 23.5. The number of unbranched alkanes of at least 4 members (excludes halogenated alkanes) is 18. The van der Waals surface area contributed by atoms with Gasteiger partial charge in [0.05, 0.1) is 0 Å². The minimum atomic E-state index is -0.688. The first-order valence-electron chi connectivity index (χ1n) is 15.4. The van der Waals surface area contributed by atoms with E-state index >= 15 is 0 Å². The summed E-state index contributed by atoms with van der Waals surface area (Å²) in [5, 5.41) is 10.0. The van der Waals surface area contributed by atoms with E-state index in [1.54, 1.807) is 0 Å². The molecule has 0 aliphatic carbocycles. The zero-order chi connectivity index (χ0) is 25.4. The number of rotatable bonds is 26.